The number of carboxylic acids is 1. The monoisotopic (exact) mass is 227 g/mol. The van der Waals surface area contributed by atoms with Crippen LogP contribution in [0.15, 0.2) is 18.2 Å². The molecule has 0 aliphatic heterocycles. The van der Waals surface area contributed by atoms with Crippen molar-refractivity contribution in [1.82, 2.24) is 4.90 Å². The van der Waals surface area contributed by atoms with Gasteiger partial charge in [-0.3, -0.25) is 0 Å². The Kier molecular flexibility index (Phi) is 3.98. The number of aliphatic hydroxyl groups is 1. The number of hydrogen-bond donors (Lipinski definition) is 2. The molecule has 2 N–H and O–H groups in total. The molecule has 0 fully saturated rings. The maximum atomic E-state index is 13.5. The molecule has 0 bridgehead atoms. The van der Waals surface area contributed by atoms with Crippen LogP contribution in [0.3, 0.4) is 0 Å². The van der Waals surface area contributed by atoms with Gasteiger partial charge in [0.15, 0.2) is 6.10 Å². The second-order valence-electron chi connectivity index (χ2n) is 3.83. The number of halogens is 1. The molecule has 1 atom stereocenters. The zero-order chi connectivity index (χ0) is 12.3. The first kappa shape index (κ1) is 12.6. The molecule has 0 saturated heterocycles. The van der Waals surface area contributed by atoms with Crippen LogP contribution in [0.4, 0.5) is 4.39 Å². The molecule has 0 aliphatic carbocycles. The van der Waals surface area contributed by atoms with Crippen molar-refractivity contribution in [2.45, 2.75) is 12.6 Å². The Morgan fingerprint density at radius 1 is 1.50 bits per heavy atom. The lowest BCUT2D eigenvalue weighted by Crippen LogP contribution is -2.14. The van der Waals surface area contributed by atoms with Gasteiger partial charge in [0, 0.05) is 12.1 Å². The minimum Gasteiger partial charge on any atom is -0.479 e. The normalized spacial score (nSPS) is 12.8. The van der Waals surface area contributed by atoms with Gasteiger partial charge in [0.25, 0.3) is 0 Å². The summed E-state index contributed by atoms with van der Waals surface area (Å²) in [6.45, 7) is 0.426. The average Bonchev–Trinajstić information content (AvgIpc) is 2.19. The van der Waals surface area contributed by atoms with Gasteiger partial charge in [-0.05, 0) is 25.7 Å². The van der Waals surface area contributed by atoms with Crippen LogP contribution in [0.25, 0.3) is 0 Å². The van der Waals surface area contributed by atoms with Crippen molar-refractivity contribution < 1.29 is 19.4 Å². The summed E-state index contributed by atoms with van der Waals surface area (Å²) in [5.74, 6) is -1.90. The van der Waals surface area contributed by atoms with Crippen molar-refractivity contribution in [3.8, 4) is 0 Å². The van der Waals surface area contributed by atoms with Crippen LogP contribution in [-0.4, -0.2) is 35.2 Å². The van der Waals surface area contributed by atoms with E-state index >= 15 is 0 Å². The van der Waals surface area contributed by atoms with Crippen LogP contribution in [0.2, 0.25) is 0 Å². The van der Waals surface area contributed by atoms with Crippen molar-refractivity contribution in [2.24, 2.45) is 0 Å². The van der Waals surface area contributed by atoms with Crippen LogP contribution in [-0.2, 0) is 11.3 Å². The summed E-state index contributed by atoms with van der Waals surface area (Å²) < 4.78 is 13.5. The third-order valence-electron chi connectivity index (χ3n) is 2.11. The third kappa shape index (κ3) is 3.01. The van der Waals surface area contributed by atoms with Gasteiger partial charge in [0.1, 0.15) is 5.82 Å². The summed E-state index contributed by atoms with van der Waals surface area (Å²) in [6, 6.07) is 3.95. The van der Waals surface area contributed by atoms with Crippen LogP contribution in [0.1, 0.15) is 17.2 Å². The minimum atomic E-state index is -1.68. The predicted octanol–water partition coefficient (Wildman–Crippen LogP) is 1.01. The topological polar surface area (TPSA) is 60.8 Å². The number of hydrogen-bond acceptors (Lipinski definition) is 3. The smallest absolute Gasteiger partial charge is 0.337 e. The summed E-state index contributed by atoms with van der Waals surface area (Å²) in [4.78, 5) is 12.3. The first-order valence-electron chi connectivity index (χ1n) is 4.75. The molecule has 0 radical (unpaired) electrons. The van der Waals surface area contributed by atoms with Crippen molar-refractivity contribution in [2.75, 3.05) is 14.1 Å². The zero-order valence-corrected chi connectivity index (χ0v) is 9.14. The van der Waals surface area contributed by atoms with Crippen molar-refractivity contribution in [3.05, 3.63) is 35.1 Å². The molecule has 0 heterocycles. The quantitative estimate of drug-likeness (QED) is 0.805. The molecule has 0 aliphatic rings. The first-order valence-corrected chi connectivity index (χ1v) is 4.75. The summed E-state index contributed by atoms with van der Waals surface area (Å²) >= 11 is 0. The molecule has 5 heteroatoms. The lowest BCUT2D eigenvalue weighted by molar-refractivity contribution is -0.146. The van der Waals surface area contributed by atoms with Crippen molar-refractivity contribution in [1.29, 1.82) is 0 Å². The van der Waals surface area contributed by atoms with Gasteiger partial charge in [-0.15, -0.1) is 0 Å². The van der Waals surface area contributed by atoms with E-state index in [0.29, 0.717) is 12.1 Å². The number of carboxylic acid groups (broad SMARTS) is 1. The number of benzene rings is 1. The molecule has 0 amide bonds. The second-order valence-corrected chi connectivity index (χ2v) is 3.83. The van der Waals surface area contributed by atoms with E-state index in [4.69, 9.17) is 5.11 Å². The fraction of sp³-hybridized carbons (Fsp3) is 0.364. The Bertz CT molecular complexity index is 393. The molecule has 0 spiro atoms. The first-order chi connectivity index (χ1) is 7.41. The van der Waals surface area contributed by atoms with Crippen LogP contribution in [0, 0.1) is 5.82 Å². The predicted molar refractivity (Wildman–Crippen MR) is 56.4 cm³/mol. The molecule has 0 saturated carbocycles. The lowest BCUT2D eigenvalue weighted by atomic mass is 10.1. The highest BCUT2D eigenvalue weighted by molar-refractivity contribution is 5.74. The molecule has 4 nitrogen and oxygen atoms in total. The summed E-state index contributed by atoms with van der Waals surface area (Å²) in [7, 11) is 3.61. The number of rotatable bonds is 4. The van der Waals surface area contributed by atoms with E-state index in [1.165, 1.54) is 12.1 Å². The Labute approximate surface area is 92.9 Å². The molecular formula is C11H14FNO3. The summed E-state index contributed by atoms with van der Waals surface area (Å²) in [5, 5.41) is 17.8. The highest BCUT2D eigenvalue weighted by atomic mass is 19.1. The molecule has 1 aromatic rings. The van der Waals surface area contributed by atoms with E-state index < -0.39 is 17.9 Å². The maximum absolute atomic E-state index is 13.5. The Hall–Kier alpha value is -1.46. The third-order valence-corrected chi connectivity index (χ3v) is 2.11. The second kappa shape index (κ2) is 5.05. The molecular weight excluding hydrogens is 213 g/mol. The van der Waals surface area contributed by atoms with Crippen LogP contribution in [0.5, 0.6) is 0 Å². The fourth-order valence-corrected chi connectivity index (χ4v) is 1.35. The number of aliphatic carboxylic acids is 1. The van der Waals surface area contributed by atoms with Crippen molar-refractivity contribution >= 4 is 5.97 Å². The maximum Gasteiger partial charge on any atom is 0.337 e. The fourth-order valence-electron chi connectivity index (χ4n) is 1.35. The van der Waals surface area contributed by atoms with E-state index in [0.717, 1.165) is 6.07 Å². The summed E-state index contributed by atoms with van der Waals surface area (Å²) in [5.41, 5.74) is 0.513. The molecule has 1 rings (SSSR count). The van der Waals surface area contributed by atoms with E-state index in [2.05, 4.69) is 0 Å². The number of nitrogens with zero attached hydrogens (tertiary/aromatic N) is 1. The minimum absolute atomic E-state index is 0.0486. The van der Waals surface area contributed by atoms with Crippen molar-refractivity contribution in [3.63, 3.8) is 0 Å². The van der Waals surface area contributed by atoms with Gasteiger partial charge in [-0.2, -0.15) is 0 Å². The van der Waals surface area contributed by atoms with Gasteiger partial charge < -0.3 is 15.1 Å². The van der Waals surface area contributed by atoms with Crippen LogP contribution >= 0.6 is 0 Å². The van der Waals surface area contributed by atoms with Gasteiger partial charge in [0.2, 0.25) is 0 Å². The van der Waals surface area contributed by atoms with E-state index in [-0.39, 0.29) is 5.56 Å². The standard InChI is InChI=1S/C11H14FNO3/c1-13(2)6-8-4-3-7(5-9(8)12)10(14)11(15)16/h3-5,10,14H,6H2,1-2H3,(H,15,16). The largest absolute Gasteiger partial charge is 0.479 e. The molecule has 1 unspecified atom stereocenters. The number of aliphatic hydroxyl groups excluding tert-OH is 1. The van der Waals surface area contributed by atoms with E-state index in [1.54, 1.807) is 19.0 Å². The average molecular weight is 227 g/mol. The summed E-state index contributed by atoms with van der Waals surface area (Å²) in [6.07, 6.45) is -1.68. The van der Waals surface area contributed by atoms with Gasteiger partial charge >= 0.3 is 5.97 Å². The van der Waals surface area contributed by atoms with Gasteiger partial charge in [0.05, 0.1) is 0 Å². The number of carbonyl (C=O) groups is 1. The SMILES string of the molecule is CN(C)Cc1ccc(C(O)C(=O)O)cc1F. The van der Waals surface area contributed by atoms with Crippen LogP contribution < -0.4 is 0 Å². The molecule has 16 heavy (non-hydrogen) atoms. The lowest BCUT2D eigenvalue weighted by Gasteiger charge is -2.12. The van der Waals surface area contributed by atoms with E-state index in [9.17, 15) is 14.3 Å². The molecule has 1 aromatic carbocycles. The molecule has 88 valence electrons. The van der Waals surface area contributed by atoms with E-state index in [1.807, 2.05) is 0 Å². The Balaban J connectivity index is 2.95. The molecule has 0 aromatic heterocycles. The van der Waals surface area contributed by atoms with Gasteiger partial charge in [-0.1, -0.05) is 12.1 Å². The highest BCUT2D eigenvalue weighted by Crippen LogP contribution is 2.17. The Morgan fingerprint density at radius 3 is 2.56 bits per heavy atom. The Morgan fingerprint density at radius 2 is 2.12 bits per heavy atom. The highest BCUT2D eigenvalue weighted by Gasteiger charge is 2.17. The van der Waals surface area contributed by atoms with Gasteiger partial charge in [-0.25, -0.2) is 9.18 Å². The zero-order valence-electron chi connectivity index (χ0n) is 9.14.